The van der Waals surface area contributed by atoms with Gasteiger partial charge in [-0.15, -0.1) is 0 Å². The van der Waals surface area contributed by atoms with Crippen LogP contribution < -0.4 is 5.32 Å². The number of carboxylic acids is 1. The second-order valence-corrected chi connectivity index (χ2v) is 5.88. The minimum Gasteiger partial charge on any atom is -0.481 e. The van der Waals surface area contributed by atoms with E-state index in [-0.39, 0.29) is 5.91 Å². The number of rotatable bonds is 3. The van der Waals surface area contributed by atoms with Gasteiger partial charge in [-0.05, 0) is 29.7 Å². The van der Waals surface area contributed by atoms with Gasteiger partial charge >= 0.3 is 5.97 Å². The third-order valence-electron chi connectivity index (χ3n) is 4.20. The zero-order chi connectivity index (χ0) is 14.5. The van der Waals surface area contributed by atoms with E-state index in [1.807, 2.05) is 44.3 Å². The molecule has 104 valence electrons. The summed E-state index contributed by atoms with van der Waals surface area (Å²) in [5, 5.41) is 12.9. The highest BCUT2D eigenvalue weighted by Gasteiger charge is 2.65. The third-order valence-corrected chi connectivity index (χ3v) is 4.20. The minimum atomic E-state index is -0.906. The molecule has 5 nitrogen and oxygen atoms in total. The van der Waals surface area contributed by atoms with Gasteiger partial charge in [-0.1, -0.05) is 13.8 Å². The van der Waals surface area contributed by atoms with Crippen LogP contribution in [-0.4, -0.2) is 22.0 Å². The first kappa shape index (κ1) is 12.7. The molecule has 2 aromatic rings. The zero-order valence-electron chi connectivity index (χ0n) is 11.3. The molecule has 0 aliphatic heterocycles. The second kappa shape index (κ2) is 4.10. The highest BCUT2D eigenvalue weighted by Crippen LogP contribution is 2.58. The molecule has 1 amide bonds. The quantitative estimate of drug-likeness (QED) is 0.802. The summed E-state index contributed by atoms with van der Waals surface area (Å²) in [6.07, 6.45) is 1.83. The van der Waals surface area contributed by atoms with Gasteiger partial charge in [0.15, 0.2) is 0 Å². The predicted molar refractivity (Wildman–Crippen MR) is 75.3 cm³/mol. The molecule has 0 radical (unpaired) electrons. The van der Waals surface area contributed by atoms with Crippen LogP contribution in [0.5, 0.6) is 0 Å². The van der Waals surface area contributed by atoms with E-state index in [1.165, 1.54) is 0 Å². The summed E-state index contributed by atoms with van der Waals surface area (Å²) in [7, 11) is 0. The van der Waals surface area contributed by atoms with Gasteiger partial charge in [0.05, 0.1) is 11.8 Å². The zero-order valence-corrected chi connectivity index (χ0v) is 11.3. The monoisotopic (exact) mass is 272 g/mol. The van der Waals surface area contributed by atoms with E-state index in [0.717, 1.165) is 10.9 Å². The maximum absolute atomic E-state index is 12.2. The van der Waals surface area contributed by atoms with Gasteiger partial charge in [0.25, 0.3) is 0 Å². The number of nitrogens with one attached hydrogen (secondary N) is 2. The normalized spacial score (nSPS) is 23.5. The molecule has 1 aromatic carbocycles. The average Bonchev–Trinajstić information content (AvgIpc) is 2.73. The van der Waals surface area contributed by atoms with Crippen LogP contribution in [0.15, 0.2) is 30.5 Å². The van der Waals surface area contributed by atoms with Crippen LogP contribution in [0.2, 0.25) is 0 Å². The number of carbonyl (C=O) groups excluding carboxylic acids is 1. The number of carbonyl (C=O) groups is 2. The molecule has 3 rings (SSSR count). The minimum absolute atomic E-state index is 0.225. The number of aromatic nitrogens is 1. The highest BCUT2D eigenvalue weighted by atomic mass is 16.4. The topological polar surface area (TPSA) is 82.2 Å². The summed E-state index contributed by atoms with van der Waals surface area (Å²) >= 11 is 0. The van der Waals surface area contributed by atoms with E-state index >= 15 is 0 Å². The number of carboxylic acid groups (broad SMARTS) is 1. The number of benzene rings is 1. The number of aliphatic carboxylic acids is 1. The van der Waals surface area contributed by atoms with Crippen molar-refractivity contribution in [2.75, 3.05) is 5.32 Å². The second-order valence-electron chi connectivity index (χ2n) is 5.88. The Morgan fingerprint density at radius 3 is 2.65 bits per heavy atom. The van der Waals surface area contributed by atoms with Crippen molar-refractivity contribution in [3.05, 3.63) is 30.5 Å². The van der Waals surface area contributed by atoms with Crippen molar-refractivity contribution in [3.63, 3.8) is 0 Å². The summed E-state index contributed by atoms with van der Waals surface area (Å²) < 4.78 is 0. The molecule has 2 atom stereocenters. The van der Waals surface area contributed by atoms with Crippen molar-refractivity contribution in [1.29, 1.82) is 0 Å². The van der Waals surface area contributed by atoms with Crippen molar-refractivity contribution in [1.82, 2.24) is 4.98 Å². The van der Waals surface area contributed by atoms with Gasteiger partial charge in [0, 0.05) is 22.8 Å². The molecule has 1 aromatic heterocycles. The van der Waals surface area contributed by atoms with Crippen LogP contribution in [-0.2, 0) is 9.59 Å². The molecule has 0 saturated heterocycles. The van der Waals surface area contributed by atoms with E-state index in [4.69, 9.17) is 5.11 Å². The lowest BCUT2D eigenvalue weighted by atomic mass is 10.1. The molecule has 1 fully saturated rings. The molecule has 3 N–H and O–H groups in total. The Bertz CT molecular complexity index is 702. The number of H-pyrrole nitrogens is 1. The molecule has 20 heavy (non-hydrogen) atoms. The number of anilines is 1. The number of fused-ring (bicyclic) bond motifs is 1. The van der Waals surface area contributed by atoms with E-state index in [9.17, 15) is 9.59 Å². The summed E-state index contributed by atoms with van der Waals surface area (Å²) in [6, 6.07) is 7.49. The number of hydrogen-bond acceptors (Lipinski definition) is 2. The molecular weight excluding hydrogens is 256 g/mol. The Labute approximate surface area is 116 Å². The Hall–Kier alpha value is -2.30. The van der Waals surface area contributed by atoms with Crippen molar-refractivity contribution in [2.45, 2.75) is 13.8 Å². The molecule has 0 bridgehead atoms. The Kier molecular flexibility index (Phi) is 2.61. The molecule has 5 heteroatoms. The maximum atomic E-state index is 12.2. The lowest BCUT2D eigenvalue weighted by Gasteiger charge is -2.06. The van der Waals surface area contributed by atoms with Crippen molar-refractivity contribution >= 4 is 28.5 Å². The SMILES string of the molecule is CC1(C)[C@H](C(=O)O)[C@@H]1C(=O)Nc1ccc2[nH]ccc2c1. The fraction of sp³-hybridized carbons (Fsp3) is 0.333. The lowest BCUT2D eigenvalue weighted by Crippen LogP contribution is -2.17. The number of aromatic amines is 1. The predicted octanol–water partition coefficient (Wildman–Crippen LogP) is 2.46. The van der Waals surface area contributed by atoms with Gasteiger partial charge in [-0.25, -0.2) is 0 Å². The van der Waals surface area contributed by atoms with Crippen molar-refractivity contribution in [2.24, 2.45) is 17.3 Å². The van der Waals surface area contributed by atoms with E-state index in [1.54, 1.807) is 0 Å². The van der Waals surface area contributed by atoms with Gasteiger partial charge in [0.2, 0.25) is 5.91 Å². The van der Waals surface area contributed by atoms with Crippen LogP contribution in [0.4, 0.5) is 5.69 Å². The van der Waals surface area contributed by atoms with Gasteiger partial charge in [-0.3, -0.25) is 9.59 Å². The molecule has 1 saturated carbocycles. The van der Waals surface area contributed by atoms with Crippen molar-refractivity contribution < 1.29 is 14.7 Å². The summed E-state index contributed by atoms with van der Waals surface area (Å²) in [4.78, 5) is 26.4. The highest BCUT2D eigenvalue weighted by molar-refractivity contribution is 6.00. The summed E-state index contributed by atoms with van der Waals surface area (Å²) in [5.74, 6) is -2.20. The molecule has 1 heterocycles. The first-order valence-electron chi connectivity index (χ1n) is 6.52. The fourth-order valence-corrected chi connectivity index (χ4v) is 2.94. The van der Waals surface area contributed by atoms with E-state index in [2.05, 4.69) is 10.3 Å². The van der Waals surface area contributed by atoms with Gasteiger partial charge < -0.3 is 15.4 Å². The first-order valence-corrected chi connectivity index (χ1v) is 6.52. The number of amides is 1. The third kappa shape index (κ3) is 1.86. The fourth-order valence-electron chi connectivity index (χ4n) is 2.94. The number of hydrogen-bond donors (Lipinski definition) is 3. The summed E-state index contributed by atoms with van der Waals surface area (Å²) in [5.41, 5.74) is 1.21. The van der Waals surface area contributed by atoms with Crippen LogP contribution in [0.25, 0.3) is 10.9 Å². The molecule has 0 unspecified atom stereocenters. The van der Waals surface area contributed by atoms with Gasteiger partial charge in [0.1, 0.15) is 0 Å². The average molecular weight is 272 g/mol. The molecular formula is C15H16N2O3. The van der Waals surface area contributed by atoms with E-state index < -0.39 is 23.2 Å². The largest absolute Gasteiger partial charge is 0.481 e. The maximum Gasteiger partial charge on any atom is 0.307 e. The van der Waals surface area contributed by atoms with E-state index in [0.29, 0.717) is 5.69 Å². The van der Waals surface area contributed by atoms with Crippen LogP contribution in [0, 0.1) is 17.3 Å². The first-order chi connectivity index (χ1) is 9.41. The standard InChI is InChI=1S/C15H16N2O3/c1-15(2)11(12(15)14(19)20)13(18)17-9-3-4-10-8(7-9)5-6-16-10/h3-7,11-12,16H,1-2H3,(H,17,18)(H,19,20)/t11-,12+/m1/s1. The Morgan fingerprint density at radius 1 is 1.25 bits per heavy atom. The smallest absolute Gasteiger partial charge is 0.307 e. The van der Waals surface area contributed by atoms with Crippen LogP contribution in [0.1, 0.15) is 13.8 Å². The summed E-state index contributed by atoms with van der Waals surface area (Å²) in [6.45, 7) is 3.62. The van der Waals surface area contributed by atoms with Crippen molar-refractivity contribution in [3.8, 4) is 0 Å². The van der Waals surface area contributed by atoms with Crippen LogP contribution >= 0.6 is 0 Å². The molecule has 1 aliphatic carbocycles. The van der Waals surface area contributed by atoms with Crippen LogP contribution in [0.3, 0.4) is 0 Å². The van der Waals surface area contributed by atoms with Gasteiger partial charge in [-0.2, -0.15) is 0 Å². The Balaban J connectivity index is 1.78. The Morgan fingerprint density at radius 2 is 2.00 bits per heavy atom. The lowest BCUT2D eigenvalue weighted by molar-refractivity contribution is -0.140. The molecule has 1 aliphatic rings. The molecule has 0 spiro atoms.